The smallest absolute Gasteiger partial charge is 0.189 e. The van der Waals surface area contributed by atoms with Crippen LogP contribution in [0.2, 0.25) is 0 Å². The number of hydrogen-bond acceptors (Lipinski definition) is 16. The summed E-state index contributed by atoms with van der Waals surface area (Å²) in [6, 6.07) is 0. The van der Waals surface area contributed by atoms with Gasteiger partial charge < -0.3 is 66.3 Å². The van der Waals surface area contributed by atoms with Crippen molar-refractivity contribution in [3.05, 3.63) is 23.3 Å². The van der Waals surface area contributed by atoms with Gasteiger partial charge in [0, 0.05) is 11.1 Å². The van der Waals surface area contributed by atoms with Crippen LogP contribution >= 0.6 is 0 Å². The average Bonchev–Trinajstić information content (AvgIpc) is 3.11. The first kappa shape index (κ1) is 42.7. The van der Waals surface area contributed by atoms with Gasteiger partial charge in [-0.15, -0.1) is 0 Å². The zero-order chi connectivity index (χ0) is 35.2. The molecule has 2 aliphatic heterocycles. The summed E-state index contributed by atoms with van der Waals surface area (Å²) < 4.78 is 78.9. The molecule has 3 aliphatic rings. The summed E-state index contributed by atoms with van der Waals surface area (Å²) in [4.78, 5) is 25.7. The monoisotopic (exact) mass is 720 g/mol. The number of carbonyl (C=O) groups excluding carboxylic acids is 2. The molecule has 0 bridgehead atoms. The fourth-order valence-electron chi connectivity index (χ4n) is 4.56. The Bertz CT molecular complexity index is 838. The maximum absolute atomic E-state index is 13.2. The van der Waals surface area contributed by atoms with E-state index in [1.165, 1.54) is 12.2 Å². The lowest BCUT2D eigenvalue weighted by Gasteiger charge is -2.21. The van der Waals surface area contributed by atoms with Crippen LogP contribution in [-0.2, 0) is 75.9 Å². The fraction of sp³-hybridized carbons (Fsp3) is 0.824. The van der Waals surface area contributed by atoms with Crippen molar-refractivity contribution in [2.45, 2.75) is 12.2 Å². The van der Waals surface area contributed by atoms with Crippen LogP contribution in [0.1, 0.15) is 0 Å². The molecule has 0 saturated carbocycles. The van der Waals surface area contributed by atoms with E-state index < -0.39 is 12.2 Å². The molecule has 2 heterocycles. The molecule has 0 N–H and O–H groups in total. The second-order valence-corrected chi connectivity index (χ2v) is 11.1. The molecule has 0 aromatic heterocycles. The molecule has 288 valence electrons. The lowest BCUT2D eigenvalue weighted by molar-refractivity contribution is -0.117. The van der Waals surface area contributed by atoms with Crippen LogP contribution in [0.3, 0.4) is 0 Å². The molecule has 16 nitrogen and oxygen atoms in total. The maximum atomic E-state index is 13.2. The predicted octanol–water partition coefficient (Wildman–Crippen LogP) is -0.0122. The minimum Gasteiger partial charge on any atom is -0.377 e. The van der Waals surface area contributed by atoms with Crippen molar-refractivity contribution in [3.63, 3.8) is 0 Å². The Morgan fingerprint density at radius 2 is 0.700 bits per heavy atom. The number of allylic oxidation sites excluding steroid dienone is 2. The van der Waals surface area contributed by atoms with E-state index in [0.29, 0.717) is 132 Å². The molecule has 0 aromatic carbocycles. The highest BCUT2D eigenvalue weighted by atomic mass is 16.6. The highest BCUT2D eigenvalue weighted by Gasteiger charge is 2.23. The molecule has 0 aromatic rings. The van der Waals surface area contributed by atoms with Crippen LogP contribution in [0.4, 0.5) is 0 Å². The van der Waals surface area contributed by atoms with Crippen molar-refractivity contribution in [1.82, 2.24) is 0 Å². The quantitative estimate of drug-likeness (QED) is 0.308. The number of ketones is 2. The number of hydrogen-bond donors (Lipinski definition) is 0. The van der Waals surface area contributed by atoms with Crippen molar-refractivity contribution in [2.24, 2.45) is 0 Å². The molecule has 0 amide bonds. The van der Waals surface area contributed by atoms with E-state index in [1.807, 2.05) is 0 Å². The SMILES string of the molecule is O=C1C=C(COCC2COCCOCCOCCOCCOCCO2)C(=O)C(COCC2COCCOCCOCCOCCOCCO2)=C1. The summed E-state index contributed by atoms with van der Waals surface area (Å²) in [6.45, 7) is 9.23. The number of rotatable bonds is 8. The third kappa shape index (κ3) is 21.6. The molecular weight excluding hydrogens is 664 g/mol. The van der Waals surface area contributed by atoms with E-state index in [-0.39, 0.29) is 62.4 Å². The summed E-state index contributed by atoms with van der Waals surface area (Å²) in [5.41, 5.74) is 0.469. The molecular formula is C34H56O16. The van der Waals surface area contributed by atoms with Gasteiger partial charge in [0.2, 0.25) is 0 Å². The minimum atomic E-state index is -0.422. The molecule has 16 heteroatoms. The van der Waals surface area contributed by atoms with Crippen molar-refractivity contribution in [1.29, 1.82) is 0 Å². The first-order valence-electron chi connectivity index (χ1n) is 17.4. The first-order valence-corrected chi connectivity index (χ1v) is 17.4. The van der Waals surface area contributed by atoms with Crippen molar-refractivity contribution in [3.8, 4) is 0 Å². The molecule has 2 saturated heterocycles. The van der Waals surface area contributed by atoms with E-state index in [4.69, 9.17) is 66.3 Å². The number of Topliss-reactive ketones (excluding diaryl/α,β-unsaturated/α-hetero) is 1. The lowest BCUT2D eigenvalue weighted by atomic mass is 9.97. The van der Waals surface area contributed by atoms with Gasteiger partial charge in [0.15, 0.2) is 11.6 Å². The second kappa shape index (κ2) is 29.8. The zero-order valence-corrected chi connectivity index (χ0v) is 29.2. The Labute approximate surface area is 294 Å². The molecule has 0 radical (unpaired) electrons. The molecule has 0 spiro atoms. The molecule has 2 fully saturated rings. The lowest BCUT2D eigenvalue weighted by Crippen LogP contribution is -2.30. The molecule has 2 unspecified atom stereocenters. The Kier molecular flexibility index (Phi) is 25.4. The minimum absolute atomic E-state index is 0.0719. The van der Waals surface area contributed by atoms with Gasteiger partial charge in [0.05, 0.1) is 172 Å². The molecule has 50 heavy (non-hydrogen) atoms. The second-order valence-electron chi connectivity index (χ2n) is 11.1. The predicted molar refractivity (Wildman–Crippen MR) is 175 cm³/mol. The Balaban J connectivity index is 1.39. The third-order valence-electron chi connectivity index (χ3n) is 7.08. The Morgan fingerprint density at radius 1 is 0.420 bits per heavy atom. The van der Waals surface area contributed by atoms with Gasteiger partial charge in [-0.1, -0.05) is 0 Å². The molecule has 3 rings (SSSR count). The van der Waals surface area contributed by atoms with E-state index in [1.54, 1.807) is 0 Å². The topological polar surface area (TPSA) is 163 Å². The highest BCUT2D eigenvalue weighted by Crippen LogP contribution is 2.15. The van der Waals surface area contributed by atoms with Crippen LogP contribution in [0.25, 0.3) is 0 Å². The largest absolute Gasteiger partial charge is 0.377 e. The van der Waals surface area contributed by atoms with E-state index in [0.717, 1.165) is 0 Å². The summed E-state index contributed by atoms with van der Waals surface area (Å²) in [5, 5.41) is 0. The van der Waals surface area contributed by atoms with Crippen molar-refractivity contribution in [2.75, 3.05) is 172 Å². The summed E-state index contributed by atoms with van der Waals surface area (Å²) in [6.07, 6.45) is 1.72. The van der Waals surface area contributed by atoms with Crippen molar-refractivity contribution < 1.29 is 75.9 Å². The van der Waals surface area contributed by atoms with E-state index in [9.17, 15) is 9.59 Å². The average molecular weight is 721 g/mol. The van der Waals surface area contributed by atoms with Crippen LogP contribution in [-0.4, -0.2) is 196 Å². The van der Waals surface area contributed by atoms with Crippen molar-refractivity contribution >= 4 is 11.6 Å². The summed E-state index contributed by atoms with van der Waals surface area (Å²) in [5.74, 6) is -0.631. The Morgan fingerprint density at radius 3 is 1.02 bits per heavy atom. The number of carbonyl (C=O) groups is 2. The van der Waals surface area contributed by atoms with Crippen LogP contribution in [0.5, 0.6) is 0 Å². The molecule has 2 atom stereocenters. The Hall–Kier alpha value is -1.74. The van der Waals surface area contributed by atoms with E-state index in [2.05, 4.69) is 0 Å². The zero-order valence-electron chi connectivity index (χ0n) is 29.2. The fourth-order valence-corrected chi connectivity index (χ4v) is 4.56. The summed E-state index contributed by atoms with van der Waals surface area (Å²) in [7, 11) is 0. The standard InChI is InChI=1S/C34H56O16/c35-31-21-29(23-47-27-32-25-45-15-13-41-7-5-37-1-3-39-9-11-43-17-19-49-32)34(36)30(22-31)24-48-28-33-26-46-16-14-42-8-6-38-2-4-40-10-12-44-18-20-50-33/h21-22,32-33H,1-20,23-28H2. The molecule has 1 aliphatic carbocycles. The van der Waals surface area contributed by atoms with Crippen LogP contribution < -0.4 is 0 Å². The van der Waals surface area contributed by atoms with Crippen LogP contribution in [0, 0.1) is 0 Å². The van der Waals surface area contributed by atoms with E-state index >= 15 is 0 Å². The van der Waals surface area contributed by atoms with Gasteiger partial charge in [-0.05, 0) is 12.2 Å². The summed E-state index contributed by atoms with van der Waals surface area (Å²) >= 11 is 0. The maximum Gasteiger partial charge on any atom is 0.189 e. The normalized spacial score (nSPS) is 25.7. The number of ether oxygens (including phenoxy) is 14. The van der Waals surface area contributed by atoms with Gasteiger partial charge in [-0.25, -0.2) is 0 Å². The first-order chi connectivity index (χ1) is 24.7. The van der Waals surface area contributed by atoms with Gasteiger partial charge >= 0.3 is 0 Å². The highest BCUT2D eigenvalue weighted by molar-refractivity contribution is 6.20. The third-order valence-corrected chi connectivity index (χ3v) is 7.08. The van der Waals surface area contributed by atoms with Gasteiger partial charge in [-0.2, -0.15) is 0 Å². The van der Waals surface area contributed by atoms with Gasteiger partial charge in [0.25, 0.3) is 0 Å². The van der Waals surface area contributed by atoms with Gasteiger partial charge in [0.1, 0.15) is 12.2 Å². The van der Waals surface area contributed by atoms with Gasteiger partial charge in [-0.3, -0.25) is 9.59 Å². The van der Waals surface area contributed by atoms with Crippen LogP contribution in [0.15, 0.2) is 23.3 Å².